The van der Waals surface area contributed by atoms with Gasteiger partial charge in [0.15, 0.2) is 5.78 Å². The summed E-state index contributed by atoms with van der Waals surface area (Å²) in [7, 11) is 0. The Balaban J connectivity index is 1.63. The lowest BCUT2D eigenvalue weighted by atomic mass is 9.96. The monoisotopic (exact) mass is 337 g/mol. The molecular formula is C20H23N3O2. The van der Waals surface area contributed by atoms with Gasteiger partial charge in [0.25, 0.3) is 5.91 Å². The standard InChI is InChI=1S/C20H23N3O2/c24-19-7-2-1-5-14-13-15(8-9-16(14)19)20(25)23-12-4-3-6-18(23)17-10-11-21-22-17/h8-11,13,18H,1-7,12H2,(H,21,22). The molecular weight excluding hydrogens is 314 g/mol. The SMILES string of the molecule is O=C1CCCCc2cc(C(=O)N3CCCCC3c3ccn[nH]3)ccc21. The maximum atomic E-state index is 13.2. The van der Waals surface area contributed by atoms with Crippen LogP contribution in [0.4, 0.5) is 0 Å². The summed E-state index contributed by atoms with van der Waals surface area (Å²) < 4.78 is 0. The van der Waals surface area contributed by atoms with E-state index in [9.17, 15) is 9.59 Å². The molecule has 0 bridgehead atoms. The van der Waals surface area contributed by atoms with Gasteiger partial charge in [0.05, 0.1) is 11.7 Å². The Morgan fingerprint density at radius 3 is 2.84 bits per heavy atom. The van der Waals surface area contributed by atoms with Gasteiger partial charge in [0, 0.05) is 30.3 Å². The molecule has 1 aromatic carbocycles. The van der Waals surface area contributed by atoms with E-state index in [4.69, 9.17) is 0 Å². The summed E-state index contributed by atoms with van der Waals surface area (Å²) in [5, 5.41) is 7.06. The van der Waals surface area contributed by atoms with E-state index in [1.54, 1.807) is 6.20 Å². The lowest BCUT2D eigenvalue weighted by Gasteiger charge is -2.35. The fourth-order valence-electron chi connectivity index (χ4n) is 4.06. The van der Waals surface area contributed by atoms with Crippen molar-refractivity contribution < 1.29 is 9.59 Å². The molecule has 25 heavy (non-hydrogen) atoms. The molecule has 1 saturated heterocycles. The molecule has 130 valence electrons. The Kier molecular flexibility index (Phi) is 4.38. The van der Waals surface area contributed by atoms with Crippen molar-refractivity contribution in [2.75, 3.05) is 6.54 Å². The van der Waals surface area contributed by atoms with Gasteiger partial charge in [-0.05, 0) is 62.3 Å². The van der Waals surface area contributed by atoms with Crippen molar-refractivity contribution >= 4 is 11.7 Å². The number of likely N-dealkylation sites (tertiary alicyclic amines) is 1. The number of piperidine rings is 1. The van der Waals surface area contributed by atoms with Gasteiger partial charge < -0.3 is 4.90 Å². The van der Waals surface area contributed by atoms with Crippen molar-refractivity contribution in [2.45, 2.75) is 51.0 Å². The molecule has 4 rings (SSSR count). The molecule has 1 amide bonds. The van der Waals surface area contributed by atoms with E-state index in [0.717, 1.165) is 61.9 Å². The number of aromatic amines is 1. The lowest BCUT2D eigenvalue weighted by molar-refractivity contribution is 0.0605. The van der Waals surface area contributed by atoms with Crippen LogP contribution in [0.15, 0.2) is 30.5 Å². The minimum absolute atomic E-state index is 0.0544. The Labute approximate surface area is 147 Å². The third-order valence-electron chi connectivity index (χ3n) is 5.40. The molecule has 1 unspecified atom stereocenters. The average molecular weight is 337 g/mol. The molecule has 2 aromatic rings. The van der Waals surface area contributed by atoms with E-state index in [0.29, 0.717) is 12.0 Å². The molecule has 0 radical (unpaired) electrons. The van der Waals surface area contributed by atoms with E-state index in [-0.39, 0.29) is 17.7 Å². The largest absolute Gasteiger partial charge is 0.330 e. The van der Waals surface area contributed by atoms with Crippen molar-refractivity contribution in [3.8, 4) is 0 Å². The summed E-state index contributed by atoms with van der Waals surface area (Å²) in [6, 6.07) is 7.63. The van der Waals surface area contributed by atoms with Crippen LogP contribution < -0.4 is 0 Å². The number of aryl methyl sites for hydroxylation is 1. The Morgan fingerprint density at radius 2 is 2.00 bits per heavy atom. The first-order valence-electron chi connectivity index (χ1n) is 9.20. The van der Waals surface area contributed by atoms with Crippen LogP contribution in [0.2, 0.25) is 0 Å². The normalized spacial score (nSPS) is 20.9. The minimum Gasteiger partial charge on any atom is -0.330 e. The highest BCUT2D eigenvalue weighted by Crippen LogP contribution is 2.31. The van der Waals surface area contributed by atoms with Crippen LogP contribution >= 0.6 is 0 Å². The predicted octanol–water partition coefficient (Wildman–Crippen LogP) is 3.69. The fourth-order valence-corrected chi connectivity index (χ4v) is 4.06. The van der Waals surface area contributed by atoms with Crippen molar-refractivity contribution in [3.63, 3.8) is 0 Å². The second kappa shape index (κ2) is 6.82. The zero-order chi connectivity index (χ0) is 17.2. The van der Waals surface area contributed by atoms with Gasteiger partial charge in [-0.25, -0.2) is 0 Å². The highest BCUT2D eigenvalue weighted by molar-refractivity contribution is 6.00. The van der Waals surface area contributed by atoms with Crippen LogP contribution in [0.1, 0.15) is 76.5 Å². The van der Waals surface area contributed by atoms with Gasteiger partial charge >= 0.3 is 0 Å². The zero-order valence-electron chi connectivity index (χ0n) is 14.3. The van der Waals surface area contributed by atoms with Crippen molar-refractivity contribution in [1.29, 1.82) is 0 Å². The molecule has 1 fully saturated rings. The molecule has 5 heteroatoms. The van der Waals surface area contributed by atoms with Crippen molar-refractivity contribution in [2.24, 2.45) is 0 Å². The molecule has 1 aromatic heterocycles. The van der Waals surface area contributed by atoms with Crippen LogP contribution in [-0.4, -0.2) is 33.3 Å². The number of aromatic nitrogens is 2. The van der Waals surface area contributed by atoms with Crippen LogP contribution in [-0.2, 0) is 6.42 Å². The zero-order valence-corrected chi connectivity index (χ0v) is 14.3. The molecule has 1 aliphatic carbocycles. The summed E-state index contributed by atoms with van der Waals surface area (Å²) >= 11 is 0. The van der Waals surface area contributed by atoms with Crippen LogP contribution in [0.5, 0.6) is 0 Å². The number of rotatable bonds is 2. The first-order valence-corrected chi connectivity index (χ1v) is 9.20. The van der Waals surface area contributed by atoms with Gasteiger partial charge in [0.1, 0.15) is 0 Å². The number of fused-ring (bicyclic) bond motifs is 1. The predicted molar refractivity (Wildman–Crippen MR) is 94.5 cm³/mol. The number of nitrogens with zero attached hydrogens (tertiary/aromatic N) is 2. The van der Waals surface area contributed by atoms with Gasteiger partial charge in [-0.3, -0.25) is 14.7 Å². The number of carbonyl (C=O) groups excluding carboxylic acids is 2. The van der Waals surface area contributed by atoms with Crippen LogP contribution in [0.25, 0.3) is 0 Å². The highest BCUT2D eigenvalue weighted by atomic mass is 16.2. The van der Waals surface area contributed by atoms with Gasteiger partial charge in [-0.2, -0.15) is 5.10 Å². The maximum Gasteiger partial charge on any atom is 0.254 e. The van der Waals surface area contributed by atoms with Crippen LogP contribution in [0, 0.1) is 0 Å². The molecule has 2 aliphatic rings. The molecule has 1 aliphatic heterocycles. The number of benzene rings is 1. The second-order valence-electron chi connectivity index (χ2n) is 7.02. The Bertz CT molecular complexity index is 782. The van der Waals surface area contributed by atoms with E-state index in [1.807, 2.05) is 29.2 Å². The topological polar surface area (TPSA) is 66.1 Å². The molecule has 5 nitrogen and oxygen atoms in total. The average Bonchev–Trinajstić information content (AvgIpc) is 3.12. The third-order valence-corrected chi connectivity index (χ3v) is 5.40. The van der Waals surface area contributed by atoms with Crippen molar-refractivity contribution in [1.82, 2.24) is 15.1 Å². The number of nitrogens with one attached hydrogen (secondary N) is 1. The maximum absolute atomic E-state index is 13.2. The first kappa shape index (κ1) is 16.1. The fraction of sp³-hybridized carbons (Fsp3) is 0.450. The number of H-pyrrole nitrogens is 1. The Morgan fingerprint density at radius 1 is 1.12 bits per heavy atom. The van der Waals surface area contributed by atoms with E-state index < -0.39 is 0 Å². The second-order valence-corrected chi connectivity index (χ2v) is 7.02. The van der Waals surface area contributed by atoms with E-state index in [2.05, 4.69) is 10.2 Å². The molecule has 1 N–H and O–H groups in total. The van der Waals surface area contributed by atoms with E-state index in [1.165, 1.54) is 0 Å². The third kappa shape index (κ3) is 3.11. The molecule has 0 saturated carbocycles. The van der Waals surface area contributed by atoms with Gasteiger partial charge in [-0.1, -0.05) is 6.07 Å². The molecule has 0 spiro atoms. The number of amides is 1. The lowest BCUT2D eigenvalue weighted by Crippen LogP contribution is -2.38. The number of hydrogen-bond donors (Lipinski definition) is 1. The smallest absolute Gasteiger partial charge is 0.254 e. The number of carbonyl (C=O) groups is 2. The van der Waals surface area contributed by atoms with E-state index >= 15 is 0 Å². The van der Waals surface area contributed by atoms with Crippen LogP contribution in [0.3, 0.4) is 0 Å². The minimum atomic E-state index is 0.0544. The molecule has 1 atom stereocenters. The number of Topliss-reactive ketones (excluding diaryl/α,β-unsaturated/α-hetero) is 1. The number of hydrogen-bond acceptors (Lipinski definition) is 3. The van der Waals surface area contributed by atoms with Gasteiger partial charge in [-0.15, -0.1) is 0 Å². The Hall–Kier alpha value is -2.43. The quantitative estimate of drug-likeness (QED) is 0.850. The van der Waals surface area contributed by atoms with Gasteiger partial charge in [0.2, 0.25) is 0 Å². The summed E-state index contributed by atoms with van der Waals surface area (Å²) in [5.74, 6) is 0.263. The summed E-state index contributed by atoms with van der Waals surface area (Å²) in [6.45, 7) is 0.762. The number of ketones is 1. The summed E-state index contributed by atoms with van der Waals surface area (Å²) in [5.41, 5.74) is 3.53. The summed E-state index contributed by atoms with van der Waals surface area (Å²) in [6.07, 6.45) is 8.28. The highest BCUT2D eigenvalue weighted by Gasteiger charge is 2.30. The van der Waals surface area contributed by atoms with Crippen molar-refractivity contribution in [3.05, 3.63) is 52.8 Å². The first-order chi connectivity index (χ1) is 12.2. The molecule has 2 heterocycles. The summed E-state index contributed by atoms with van der Waals surface area (Å²) in [4.78, 5) is 27.3.